The van der Waals surface area contributed by atoms with Crippen LogP contribution in [0.25, 0.3) is 10.5 Å². The molecule has 1 atom stereocenters. The topological polar surface area (TPSA) is 63.6 Å². The van der Waals surface area contributed by atoms with Crippen molar-refractivity contribution < 1.29 is 18.8 Å². The molecule has 1 unspecified atom stereocenters. The van der Waals surface area contributed by atoms with Gasteiger partial charge in [-0.2, -0.15) is 0 Å². The number of carbonyl (C=O) groups is 1. The maximum atomic E-state index is 13.3. The summed E-state index contributed by atoms with van der Waals surface area (Å²) in [5.74, 6) is 0.592. The van der Waals surface area contributed by atoms with E-state index in [2.05, 4.69) is 0 Å². The van der Waals surface area contributed by atoms with Gasteiger partial charge in [-0.1, -0.05) is 30.3 Å². The molecule has 3 aromatic carbocycles. The van der Waals surface area contributed by atoms with E-state index in [1.807, 2.05) is 49.4 Å². The van der Waals surface area contributed by atoms with Gasteiger partial charge in [0.2, 0.25) is 0 Å². The first-order valence-electron chi connectivity index (χ1n) is 8.92. The first-order valence-corrected chi connectivity index (χ1v) is 10.1. The van der Waals surface area contributed by atoms with Crippen LogP contribution in [0, 0.1) is 0 Å². The van der Waals surface area contributed by atoms with Gasteiger partial charge in [0.25, 0.3) is 0 Å². The lowest BCUT2D eigenvalue weighted by molar-refractivity contribution is 0.105. The van der Waals surface area contributed by atoms with Gasteiger partial charge < -0.3 is 9.84 Å². The Morgan fingerprint density at radius 2 is 1.64 bits per heavy atom. The van der Waals surface area contributed by atoms with Gasteiger partial charge in [0.05, 0.1) is 27.2 Å². The maximum absolute atomic E-state index is 13.3. The van der Waals surface area contributed by atoms with E-state index in [1.165, 1.54) is 12.1 Å². The molecule has 4 rings (SSSR count). The third-order valence-electron chi connectivity index (χ3n) is 4.55. The van der Waals surface area contributed by atoms with Gasteiger partial charge in [-0.05, 0) is 55.0 Å². The lowest BCUT2D eigenvalue weighted by Crippen LogP contribution is -2.03. The van der Waals surface area contributed by atoms with Gasteiger partial charge in [0.1, 0.15) is 11.5 Å². The van der Waals surface area contributed by atoms with Crippen molar-refractivity contribution in [2.24, 2.45) is 0 Å². The Morgan fingerprint density at radius 1 is 0.964 bits per heavy atom. The van der Waals surface area contributed by atoms with Gasteiger partial charge in [0.15, 0.2) is 5.78 Å². The summed E-state index contributed by atoms with van der Waals surface area (Å²) in [6.07, 6.45) is 0. The van der Waals surface area contributed by atoms with Crippen LogP contribution < -0.4 is 4.74 Å². The summed E-state index contributed by atoms with van der Waals surface area (Å²) in [5, 5.41) is 9.52. The Hall–Kier alpha value is -3.18. The standard InChI is InChI=1S/C23H18O4S/c1-2-27-18-13-9-16(10-14-18)23-21(19-5-3-4-6-20(19)28(23)26)22(25)15-7-11-17(24)12-8-15/h3-14,24H,2H2,1H3. The van der Waals surface area contributed by atoms with E-state index >= 15 is 0 Å². The fourth-order valence-electron chi connectivity index (χ4n) is 3.26. The van der Waals surface area contributed by atoms with Crippen molar-refractivity contribution >= 4 is 27.1 Å². The number of aromatic hydroxyl groups is 1. The quantitative estimate of drug-likeness (QED) is 0.644. The third-order valence-corrected chi connectivity index (χ3v) is 6.12. The number of carbonyl (C=O) groups excluding carboxylic acids is 1. The lowest BCUT2D eigenvalue weighted by Gasteiger charge is -2.09. The smallest absolute Gasteiger partial charge is 0.194 e. The highest BCUT2D eigenvalue weighted by atomic mass is 32.2. The highest BCUT2D eigenvalue weighted by molar-refractivity contribution is 7.95. The molecule has 0 aliphatic carbocycles. The molecule has 4 nitrogen and oxygen atoms in total. The summed E-state index contributed by atoms with van der Waals surface area (Å²) in [5.41, 5.74) is 2.27. The highest BCUT2D eigenvalue weighted by Gasteiger charge is 2.33. The molecule has 0 saturated carbocycles. The molecule has 1 aliphatic heterocycles. The monoisotopic (exact) mass is 390 g/mol. The summed E-state index contributed by atoms with van der Waals surface area (Å²) in [6, 6.07) is 20.6. The SMILES string of the molecule is CCOc1ccc(C2=C(C(=O)c3ccc(O)cc3)c3ccccc3S2=O)cc1. The van der Waals surface area contributed by atoms with Gasteiger partial charge >= 0.3 is 0 Å². The van der Waals surface area contributed by atoms with Crippen molar-refractivity contribution in [2.45, 2.75) is 11.8 Å². The number of Topliss-reactive ketones (excluding diaryl/α,β-unsaturated/α-hetero) is 1. The number of hydrogen-bond donors (Lipinski definition) is 1. The largest absolute Gasteiger partial charge is 0.508 e. The van der Waals surface area contributed by atoms with Gasteiger partial charge in [-0.25, -0.2) is 4.21 Å². The van der Waals surface area contributed by atoms with Crippen LogP contribution >= 0.6 is 0 Å². The van der Waals surface area contributed by atoms with E-state index in [9.17, 15) is 14.1 Å². The molecular formula is C23H18O4S. The zero-order valence-corrected chi connectivity index (χ0v) is 16.0. The molecule has 5 heteroatoms. The average Bonchev–Trinajstić information content (AvgIpc) is 3.02. The maximum Gasteiger partial charge on any atom is 0.194 e. The Balaban J connectivity index is 1.88. The van der Waals surface area contributed by atoms with Crippen molar-refractivity contribution in [1.82, 2.24) is 0 Å². The number of phenolic OH excluding ortho intramolecular Hbond substituents is 1. The van der Waals surface area contributed by atoms with Crippen molar-refractivity contribution in [3.63, 3.8) is 0 Å². The van der Waals surface area contributed by atoms with Crippen LogP contribution in [0.5, 0.6) is 11.5 Å². The summed E-state index contributed by atoms with van der Waals surface area (Å²) in [7, 11) is -1.46. The highest BCUT2D eigenvalue weighted by Crippen LogP contribution is 2.43. The van der Waals surface area contributed by atoms with E-state index in [-0.39, 0.29) is 11.5 Å². The Bertz CT molecular complexity index is 1100. The number of hydrogen-bond acceptors (Lipinski definition) is 4. The van der Waals surface area contributed by atoms with Crippen LogP contribution in [0.3, 0.4) is 0 Å². The number of ketones is 1. The molecule has 0 saturated heterocycles. The van der Waals surface area contributed by atoms with E-state index in [0.29, 0.717) is 33.1 Å². The number of benzene rings is 3. The van der Waals surface area contributed by atoms with Crippen molar-refractivity contribution in [2.75, 3.05) is 6.61 Å². The molecule has 0 aromatic heterocycles. The molecule has 0 bridgehead atoms. The minimum Gasteiger partial charge on any atom is -0.508 e. The molecule has 0 spiro atoms. The van der Waals surface area contributed by atoms with Gasteiger partial charge in [0, 0.05) is 16.7 Å². The first kappa shape index (κ1) is 18.2. The van der Waals surface area contributed by atoms with Gasteiger partial charge in [-0.15, -0.1) is 0 Å². The van der Waals surface area contributed by atoms with E-state index in [1.54, 1.807) is 18.2 Å². The van der Waals surface area contributed by atoms with Crippen molar-refractivity contribution in [3.8, 4) is 11.5 Å². The predicted octanol–water partition coefficient (Wildman–Crippen LogP) is 4.66. The average molecular weight is 390 g/mol. The lowest BCUT2D eigenvalue weighted by atomic mass is 9.94. The van der Waals surface area contributed by atoms with Crippen LogP contribution in [0.1, 0.15) is 28.4 Å². The summed E-state index contributed by atoms with van der Waals surface area (Å²) in [6.45, 7) is 2.47. The molecule has 0 radical (unpaired) electrons. The van der Waals surface area contributed by atoms with Crippen LogP contribution in [0.15, 0.2) is 77.7 Å². The van der Waals surface area contributed by atoms with Crippen molar-refractivity contribution in [3.05, 3.63) is 89.5 Å². The number of fused-ring (bicyclic) bond motifs is 1. The molecule has 0 amide bonds. The number of allylic oxidation sites excluding steroid dienone is 1. The zero-order valence-electron chi connectivity index (χ0n) is 15.2. The summed E-state index contributed by atoms with van der Waals surface area (Å²) in [4.78, 5) is 14.5. The fraction of sp³-hybridized carbons (Fsp3) is 0.0870. The fourth-order valence-corrected chi connectivity index (χ4v) is 4.79. The van der Waals surface area contributed by atoms with Crippen LogP contribution in [0.4, 0.5) is 0 Å². The Morgan fingerprint density at radius 3 is 2.32 bits per heavy atom. The normalized spacial score (nSPS) is 15.4. The van der Waals surface area contributed by atoms with Gasteiger partial charge in [-0.3, -0.25) is 4.79 Å². The minimum absolute atomic E-state index is 0.0904. The van der Waals surface area contributed by atoms with Crippen LogP contribution in [-0.2, 0) is 10.8 Å². The molecule has 1 aliphatic rings. The van der Waals surface area contributed by atoms with E-state index in [0.717, 1.165) is 11.3 Å². The molecule has 3 aromatic rings. The zero-order chi connectivity index (χ0) is 19.7. The molecule has 0 fully saturated rings. The summed E-state index contributed by atoms with van der Waals surface area (Å²) >= 11 is 0. The molecule has 1 heterocycles. The third kappa shape index (κ3) is 3.14. The van der Waals surface area contributed by atoms with Crippen molar-refractivity contribution in [1.29, 1.82) is 0 Å². The number of phenols is 1. The second-order valence-electron chi connectivity index (χ2n) is 6.30. The predicted molar refractivity (Wildman–Crippen MR) is 110 cm³/mol. The summed E-state index contributed by atoms with van der Waals surface area (Å²) < 4.78 is 18.7. The Labute approximate surface area is 165 Å². The number of ether oxygens (including phenoxy) is 1. The van der Waals surface area contributed by atoms with E-state index in [4.69, 9.17) is 4.74 Å². The molecule has 140 valence electrons. The van der Waals surface area contributed by atoms with Crippen LogP contribution in [0.2, 0.25) is 0 Å². The molecule has 1 N–H and O–H groups in total. The Kier molecular flexibility index (Phi) is 4.84. The number of rotatable bonds is 5. The second-order valence-corrected chi connectivity index (χ2v) is 7.69. The molecule has 28 heavy (non-hydrogen) atoms. The van der Waals surface area contributed by atoms with Crippen LogP contribution in [-0.4, -0.2) is 21.7 Å². The minimum atomic E-state index is -1.46. The van der Waals surface area contributed by atoms with E-state index < -0.39 is 10.8 Å². The first-order chi connectivity index (χ1) is 13.6. The molecular weight excluding hydrogens is 372 g/mol. The second kappa shape index (κ2) is 7.44.